The molecule has 1 nitrogen and oxygen atoms in total. The number of hydrogen-bond acceptors (Lipinski definition) is 1. The highest BCUT2D eigenvalue weighted by atomic mass is 16.1. The van der Waals surface area contributed by atoms with E-state index >= 15 is 0 Å². The quantitative estimate of drug-likeness (QED) is 0.338. The number of allylic oxidation sites excluding steroid dienone is 2. The minimum absolute atomic E-state index is 0.247. The second-order valence-electron chi connectivity index (χ2n) is 3.68. The van der Waals surface area contributed by atoms with Crippen LogP contribution in [0.25, 0.3) is 0 Å². The summed E-state index contributed by atoms with van der Waals surface area (Å²) in [5, 5.41) is 0. The van der Waals surface area contributed by atoms with E-state index in [1.54, 1.807) is 0 Å². The number of carbonyl (C=O) groups excluding carboxylic acids is 1. The van der Waals surface area contributed by atoms with Crippen LogP contribution in [0.4, 0.5) is 0 Å². The van der Waals surface area contributed by atoms with E-state index in [0.29, 0.717) is 0 Å². The number of carbonyl (C=O) groups is 1. The van der Waals surface area contributed by atoms with Crippen LogP contribution in [0.5, 0.6) is 0 Å². The van der Waals surface area contributed by atoms with E-state index in [1.807, 2.05) is 6.92 Å². The summed E-state index contributed by atoms with van der Waals surface area (Å²) in [4.78, 5) is 10.3. The Bertz CT molecular complexity index is 143. The second-order valence-corrected chi connectivity index (χ2v) is 3.68. The van der Waals surface area contributed by atoms with E-state index in [2.05, 4.69) is 19.9 Å². The van der Waals surface area contributed by atoms with Crippen molar-refractivity contribution in [1.82, 2.24) is 0 Å². The SMILES string of the molecule is CC(C)=CCCCCC(C)C=O. The molecule has 0 bridgehead atoms. The molecule has 0 aliphatic rings. The fourth-order valence-corrected chi connectivity index (χ4v) is 1.07. The third-order valence-corrected chi connectivity index (χ3v) is 1.90. The molecule has 1 atom stereocenters. The Kier molecular flexibility index (Phi) is 6.73. The summed E-state index contributed by atoms with van der Waals surface area (Å²) in [7, 11) is 0. The van der Waals surface area contributed by atoms with Crippen LogP contribution in [0, 0.1) is 5.92 Å². The fraction of sp³-hybridized carbons (Fsp3) is 0.727. The Morgan fingerprint density at radius 2 is 2.00 bits per heavy atom. The molecule has 0 aromatic carbocycles. The van der Waals surface area contributed by atoms with Gasteiger partial charge in [0, 0.05) is 5.92 Å². The van der Waals surface area contributed by atoms with E-state index in [9.17, 15) is 4.79 Å². The molecule has 1 heteroatoms. The van der Waals surface area contributed by atoms with Crippen molar-refractivity contribution in [1.29, 1.82) is 0 Å². The topological polar surface area (TPSA) is 17.1 Å². The van der Waals surface area contributed by atoms with Crippen LogP contribution in [-0.2, 0) is 4.79 Å². The van der Waals surface area contributed by atoms with Gasteiger partial charge in [-0.1, -0.05) is 25.0 Å². The fourth-order valence-electron chi connectivity index (χ4n) is 1.07. The molecule has 0 heterocycles. The number of unbranched alkanes of at least 4 members (excludes halogenated alkanes) is 2. The zero-order valence-electron chi connectivity index (χ0n) is 8.47. The molecule has 12 heavy (non-hydrogen) atoms. The maximum Gasteiger partial charge on any atom is 0.122 e. The van der Waals surface area contributed by atoms with Crippen molar-refractivity contribution in [3.8, 4) is 0 Å². The van der Waals surface area contributed by atoms with Gasteiger partial charge in [-0.3, -0.25) is 0 Å². The van der Waals surface area contributed by atoms with Crippen molar-refractivity contribution >= 4 is 6.29 Å². The van der Waals surface area contributed by atoms with Gasteiger partial charge in [0.05, 0.1) is 0 Å². The molecule has 0 fully saturated rings. The lowest BCUT2D eigenvalue weighted by molar-refractivity contribution is -0.110. The highest BCUT2D eigenvalue weighted by Gasteiger charge is 1.97. The zero-order valence-corrected chi connectivity index (χ0v) is 8.47. The van der Waals surface area contributed by atoms with Gasteiger partial charge in [0.25, 0.3) is 0 Å². The Hall–Kier alpha value is -0.590. The van der Waals surface area contributed by atoms with E-state index in [4.69, 9.17) is 0 Å². The maximum absolute atomic E-state index is 10.3. The monoisotopic (exact) mass is 168 g/mol. The van der Waals surface area contributed by atoms with Gasteiger partial charge in [-0.15, -0.1) is 0 Å². The number of hydrogen-bond donors (Lipinski definition) is 0. The Morgan fingerprint density at radius 3 is 2.50 bits per heavy atom. The first-order chi connectivity index (χ1) is 5.66. The van der Waals surface area contributed by atoms with Gasteiger partial charge in [-0.2, -0.15) is 0 Å². The lowest BCUT2D eigenvalue weighted by atomic mass is 10.0. The van der Waals surface area contributed by atoms with Gasteiger partial charge >= 0.3 is 0 Å². The predicted molar refractivity (Wildman–Crippen MR) is 53.1 cm³/mol. The van der Waals surface area contributed by atoms with Crippen LogP contribution in [-0.4, -0.2) is 6.29 Å². The van der Waals surface area contributed by atoms with Crippen molar-refractivity contribution < 1.29 is 4.79 Å². The standard InChI is InChI=1S/C11H20O/c1-10(2)7-5-4-6-8-11(3)9-12/h7,9,11H,4-6,8H2,1-3H3. The summed E-state index contributed by atoms with van der Waals surface area (Å²) in [5.41, 5.74) is 1.39. The van der Waals surface area contributed by atoms with Gasteiger partial charge in [0.2, 0.25) is 0 Å². The number of rotatable bonds is 6. The lowest BCUT2D eigenvalue weighted by Crippen LogP contribution is -1.94. The van der Waals surface area contributed by atoms with Crippen molar-refractivity contribution in [3.05, 3.63) is 11.6 Å². The molecule has 0 saturated heterocycles. The minimum atomic E-state index is 0.247. The third-order valence-electron chi connectivity index (χ3n) is 1.90. The predicted octanol–water partition coefficient (Wildman–Crippen LogP) is 3.35. The van der Waals surface area contributed by atoms with Crippen molar-refractivity contribution in [3.63, 3.8) is 0 Å². The molecule has 0 aliphatic carbocycles. The first-order valence-electron chi connectivity index (χ1n) is 4.75. The summed E-state index contributed by atoms with van der Waals surface area (Å²) in [6, 6.07) is 0. The summed E-state index contributed by atoms with van der Waals surface area (Å²) >= 11 is 0. The van der Waals surface area contributed by atoms with Crippen LogP contribution in [0.3, 0.4) is 0 Å². The molecule has 1 unspecified atom stereocenters. The van der Waals surface area contributed by atoms with Gasteiger partial charge < -0.3 is 4.79 Å². The average molecular weight is 168 g/mol. The van der Waals surface area contributed by atoms with Crippen LogP contribution < -0.4 is 0 Å². The van der Waals surface area contributed by atoms with E-state index in [1.165, 1.54) is 18.4 Å². The highest BCUT2D eigenvalue weighted by molar-refractivity contribution is 5.52. The summed E-state index contributed by atoms with van der Waals surface area (Å²) < 4.78 is 0. The van der Waals surface area contributed by atoms with Gasteiger partial charge in [-0.05, 0) is 33.1 Å². The average Bonchev–Trinajstić information content (AvgIpc) is 2.03. The van der Waals surface area contributed by atoms with Crippen molar-refractivity contribution in [2.75, 3.05) is 0 Å². The van der Waals surface area contributed by atoms with Crippen LogP contribution >= 0.6 is 0 Å². The molecule has 0 amide bonds. The van der Waals surface area contributed by atoms with Gasteiger partial charge in [-0.25, -0.2) is 0 Å². The van der Waals surface area contributed by atoms with E-state index in [0.717, 1.165) is 19.1 Å². The van der Waals surface area contributed by atoms with Gasteiger partial charge in [0.1, 0.15) is 6.29 Å². The first kappa shape index (κ1) is 11.4. The summed E-state index contributed by atoms with van der Waals surface area (Å²) in [6.07, 6.45) is 7.88. The maximum atomic E-state index is 10.3. The highest BCUT2D eigenvalue weighted by Crippen LogP contribution is 2.08. The number of aldehydes is 1. The molecule has 0 saturated carbocycles. The minimum Gasteiger partial charge on any atom is -0.303 e. The third kappa shape index (κ3) is 7.52. The molecule has 0 spiro atoms. The smallest absolute Gasteiger partial charge is 0.122 e. The lowest BCUT2D eigenvalue weighted by Gasteiger charge is -2.01. The summed E-state index contributed by atoms with van der Waals surface area (Å²) in [6.45, 7) is 6.22. The van der Waals surface area contributed by atoms with Crippen molar-refractivity contribution in [2.24, 2.45) is 5.92 Å². The van der Waals surface area contributed by atoms with Crippen LogP contribution in [0.1, 0.15) is 46.5 Å². The Balaban J connectivity index is 3.22. The molecule has 70 valence electrons. The summed E-state index contributed by atoms with van der Waals surface area (Å²) in [5.74, 6) is 0.247. The zero-order chi connectivity index (χ0) is 9.40. The van der Waals surface area contributed by atoms with E-state index < -0.39 is 0 Å². The van der Waals surface area contributed by atoms with E-state index in [-0.39, 0.29) is 5.92 Å². The molecule has 0 radical (unpaired) electrons. The Labute approximate surface area is 75.9 Å². The van der Waals surface area contributed by atoms with Crippen molar-refractivity contribution in [2.45, 2.75) is 46.5 Å². The van der Waals surface area contributed by atoms with Gasteiger partial charge in [0.15, 0.2) is 0 Å². The molecule has 0 N–H and O–H groups in total. The molecule has 0 aromatic heterocycles. The second kappa shape index (κ2) is 7.08. The molecular weight excluding hydrogens is 148 g/mol. The molecule has 0 rings (SSSR count). The normalized spacial score (nSPS) is 12.2. The molecule has 0 aliphatic heterocycles. The van der Waals surface area contributed by atoms with Crippen LogP contribution in [0.2, 0.25) is 0 Å². The largest absolute Gasteiger partial charge is 0.303 e. The Morgan fingerprint density at radius 1 is 1.33 bits per heavy atom. The van der Waals surface area contributed by atoms with Crippen LogP contribution in [0.15, 0.2) is 11.6 Å². The first-order valence-corrected chi connectivity index (χ1v) is 4.75. The molecular formula is C11H20O. The molecule has 0 aromatic rings.